The molecule has 4 saturated carbocycles. The number of ether oxygens (including phenoxy) is 1. The summed E-state index contributed by atoms with van der Waals surface area (Å²) in [5.41, 5.74) is 1.15. The number of hydrogen-bond donors (Lipinski definition) is 3. The summed E-state index contributed by atoms with van der Waals surface area (Å²) in [6, 6.07) is 6.56. The average molecular weight is 523 g/mol. The standard InChI is InChI=1S/C30H38N2O6/c1-2-23(34)29(37)32(16-30-13-17-9-18(14-30)11-19(10-17)15-30)22-12-21(28(36)31-7-8-33)25-20-5-3-4-6-24(20)38-27(25)26(22)35/h3-6,12,17-19,22,25-27,33,35H,2,7-11,13-16H2,1H3,(H,31,36)/t17?,18?,19?,22-,25+,26+,27+,30?/m1/s1. The molecule has 0 spiro atoms. The van der Waals surface area contributed by atoms with E-state index in [2.05, 4.69) is 5.32 Å². The van der Waals surface area contributed by atoms with E-state index in [0.29, 0.717) is 35.6 Å². The normalized spacial score (nSPS) is 36.1. The molecule has 0 aromatic heterocycles. The Labute approximate surface area is 223 Å². The SMILES string of the molecule is CCC(=O)C(=O)N(CC12CC3CC(CC(C3)C1)C2)[C@@H]1C=C(C(=O)NCCO)[C@@H]2c3ccccc3O[C@@H]2[C@H]1O. The van der Waals surface area contributed by atoms with Gasteiger partial charge < -0.3 is 25.2 Å². The minimum Gasteiger partial charge on any atom is -0.486 e. The van der Waals surface area contributed by atoms with Gasteiger partial charge in [0.2, 0.25) is 11.7 Å². The summed E-state index contributed by atoms with van der Waals surface area (Å²) in [6.07, 6.45) is 6.83. The van der Waals surface area contributed by atoms with Gasteiger partial charge in [0, 0.05) is 30.6 Å². The van der Waals surface area contributed by atoms with Gasteiger partial charge in [-0.1, -0.05) is 25.1 Å². The Bertz CT molecular complexity index is 1130. The molecule has 1 heterocycles. The van der Waals surface area contributed by atoms with Gasteiger partial charge >= 0.3 is 0 Å². The average Bonchev–Trinajstić information content (AvgIpc) is 3.29. The van der Waals surface area contributed by atoms with Crippen LogP contribution < -0.4 is 10.1 Å². The third kappa shape index (κ3) is 4.26. The fourth-order valence-corrected chi connectivity index (χ4v) is 8.66. The number of aliphatic hydroxyl groups excluding tert-OH is 2. The van der Waals surface area contributed by atoms with E-state index < -0.39 is 35.9 Å². The summed E-state index contributed by atoms with van der Waals surface area (Å²) in [7, 11) is 0. The molecule has 0 radical (unpaired) electrons. The summed E-state index contributed by atoms with van der Waals surface area (Å²) >= 11 is 0. The molecule has 5 aliphatic carbocycles. The molecule has 8 nitrogen and oxygen atoms in total. The van der Waals surface area contributed by atoms with Crippen LogP contribution in [0, 0.1) is 23.2 Å². The molecule has 7 rings (SSSR count). The van der Waals surface area contributed by atoms with Crippen molar-refractivity contribution in [2.24, 2.45) is 23.2 Å². The maximum Gasteiger partial charge on any atom is 0.290 e. The van der Waals surface area contributed by atoms with Gasteiger partial charge in [0.15, 0.2) is 0 Å². The summed E-state index contributed by atoms with van der Waals surface area (Å²) < 4.78 is 6.21. The maximum atomic E-state index is 13.7. The first-order valence-electron chi connectivity index (χ1n) is 14.2. The lowest BCUT2D eigenvalue weighted by Gasteiger charge is -2.58. The van der Waals surface area contributed by atoms with E-state index in [4.69, 9.17) is 4.74 Å². The second-order valence-corrected chi connectivity index (χ2v) is 12.3. The molecule has 0 unspecified atom stereocenters. The van der Waals surface area contributed by atoms with E-state index in [0.717, 1.165) is 24.8 Å². The lowest BCUT2D eigenvalue weighted by atomic mass is 9.49. The van der Waals surface area contributed by atoms with Crippen LogP contribution in [0.25, 0.3) is 0 Å². The number of aliphatic hydroxyl groups is 2. The number of hydrogen-bond acceptors (Lipinski definition) is 6. The molecule has 3 N–H and O–H groups in total. The number of ketones is 1. The van der Waals surface area contributed by atoms with Gasteiger partial charge in [0.05, 0.1) is 18.6 Å². The van der Waals surface area contributed by atoms with Gasteiger partial charge in [-0.05, 0) is 73.8 Å². The molecular weight excluding hydrogens is 484 g/mol. The lowest BCUT2D eigenvalue weighted by Crippen LogP contribution is -2.60. The van der Waals surface area contributed by atoms with Crippen LogP contribution in [0.1, 0.15) is 63.4 Å². The molecule has 8 heteroatoms. The van der Waals surface area contributed by atoms with Crippen LogP contribution in [0.15, 0.2) is 35.9 Å². The summed E-state index contributed by atoms with van der Waals surface area (Å²) in [5.74, 6) is 0.666. The van der Waals surface area contributed by atoms with Crippen molar-refractivity contribution in [3.8, 4) is 5.75 Å². The molecule has 4 atom stereocenters. The zero-order valence-corrected chi connectivity index (χ0v) is 22.0. The molecule has 1 aliphatic heterocycles. The predicted molar refractivity (Wildman–Crippen MR) is 139 cm³/mol. The fraction of sp³-hybridized carbons (Fsp3) is 0.633. The third-order valence-electron chi connectivity index (χ3n) is 9.73. The maximum absolute atomic E-state index is 13.7. The smallest absolute Gasteiger partial charge is 0.290 e. The first-order valence-corrected chi connectivity index (χ1v) is 14.2. The van der Waals surface area contributed by atoms with Crippen molar-refractivity contribution in [2.75, 3.05) is 19.7 Å². The molecule has 4 bridgehead atoms. The number of rotatable bonds is 8. The number of Topliss-reactive ketones (excluding diaryl/α,β-unsaturated/α-hetero) is 1. The van der Waals surface area contributed by atoms with Gasteiger partial charge in [-0.3, -0.25) is 14.4 Å². The highest BCUT2D eigenvalue weighted by molar-refractivity contribution is 6.36. The van der Waals surface area contributed by atoms with Gasteiger partial charge in [-0.2, -0.15) is 0 Å². The zero-order valence-electron chi connectivity index (χ0n) is 22.0. The zero-order chi connectivity index (χ0) is 26.6. The number of nitrogens with zero attached hydrogens (tertiary/aromatic N) is 1. The number of para-hydroxylation sites is 1. The summed E-state index contributed by atoms with van der Waals surface area (Å²) in [6.45, 7) is 1.98. The second-order valence-electron chi connectivity index (χ2n) is 12.3. The highest BCUT2D eigenvalue weighted by atomic mass is 16.5. The van der Waals surface area contributed by atoms with Crippen LogP contribution in [0.2, 0.25) is 0 Å². The van der Waals surface area contributed by atoms with E-state index in [1.54, 1.807) is 17.9 Å². The molecule has 1 aromatic carbocycles. The van der Waals surface area contributed by atoms with Crippen molar-refractivity contribution in [2.45, 2.75) is 76.0 Å². The third-order valence-corrected chi connectivity index (χ3v) is 9.73. The van der Waals surface area contributed by atoms with Crippen molar-refractivity contribution >= 4 is 17.6 Å². The van der Waals surface area contributed by atoms with Gasteiger partial charge in [-0.25, -0.2) is 0 Å². The monoisotopic (exact) mass is 522 g/mol. The molecule has 6 aliphatic rings. The second kappa shape index (κ2) is 9.79. The highest BCUT2D eigenvalue weighted by Gasteiger charge is 2.55. The first kappa shape index (κ1) is 25.6. The minimum absolute atomic E-state index is 0.0539. The quantitative estimate of drug-likeness (QED) is 0.452. The van der Waals surface area contributed by atoms with E-state index in [1.807, 2.05) is 24.3 Å². The Kier molecular flexibility index (Phi) is 6.59. The van der Waals surface area contributed by atoms with E-state index in [-0.39, 0.29) is 30.9 Å². The largest absolute Gasteiger partial charge is 0.486 e. The number of fused-ring (bicyclic) bond motifs is 3. The Balaban J connectivity index is 1.39. The van der Waals surface area contributed by atoms with E-state index >= 15 is 0 Å². The minimum atomic E-state index is -1.11. The number of carbonyl (C=O) groups excluding carboxylic acids is 3. The number of nitrogens with one attached hydrogen (secondary N) is 1. The van der Waals surface area contributed by atoms with Crippen molar-refractivity contribution in [3.05, 3.63) is 41.5 Å². The molecule has 0 saturated heterocycles. The van der Waals surface area contributed by atoms with Gasteiger partial charge in [0.1, 0.15) is 18.0 Å². The number of amides is 2. The van der Waals surface area contributed by atoms with Crippen LogP contribution in [-0.2, 0) is 14.4 Å². The fourth-order valence-electron chi connectivity index (χ4n) is 8.66. The van der Waals surface area contributed by atoms with E-state index in [9.17, 15) is 24.6 Å². The first-order chi connectivity index (χ1) is 18.3. The van der Waals surface area contributed by atoms with Gasteiger partial charge in [-0.15, -0.1) is 0 Å². The predicted octanol–water partition coefficient (Wildman–Crippen LogP) is 2.33. The van der Waals surface area contributed by atoms with Crippen LogP contribution in [0.4, 0.5) is 0 Å². The van der Waals surface area contributed by atoms with Crippen LogP contribution >= 0.6 is 0 Å². The van der Waals surface area contributed by atoms with Gasteiger partial charge in [0.25, 0.3) is 5.91 Å². The number of carbonyl (C=O) groups is 3. The summed E-state index contributed by atoms with van der Waals surface area (Å²) in [4.78, 5) is 41.4. The molecule has 38 heavy (non-hydrogen) atoms. The Hall–Kier alpha value is -2.71. The highest BCUT2D eigenvalue weighted by Crippen LogP contribution is 2.60. The van der Waals surface area contributed by atoms with Crippen molar-refractivity contribution in [1.82, 2.24) is 10.2 Å². The topological polar surface area (TPSA) is 116 Å². The molecule has 4 fully saturated rings. The van der Waals surface area contributed by atoms with Crippen LogP contribution in [0.5, 0.6) is 5.75 Å². The molecule has 2 amide bonds. The van der Waals surface area contributed by atoms with Crippen molar-refractivity contribution in [1.29, 1.82) is 0 Å². The Morgan fingerprint density at radius 2 is 1.74 bits per heavy atom. The lowest BCUT2D eigenvalue weighted by molar-refractivity contribution is -0.153. The molecule has 204 valence electrons. The summed E-state index contributed by atoms with van der Waals surface area (Å²) in [5, 5.41) is 23.8. The molecular formula is C30H38N2O6. The Morgan fingerprint density at radius 1 is 1.08 bits per heavy atom. The van der Waals surface area contributed by atoms with Crippen molar-refractivity contribution in [3.63, 3.8) is 0 Å². The molecule has 1 aromatic rings. The van der Waals surface area contributed by atoms with Crippen molar-refractivity contribution < 1.29 is 29.3 Å². The van der Waals surface area contributed by atoms with Crippen LogP contribution in [0.3, 0.4) is 0 Å². The number of benzene rings is 1. The Morgan fingerprint density at radius 3 is 2.37 bits per heavy atom. The van der Waals surface area contributed by atoms with Crippen LogP contribution in [-0.4, -0.2) is 70.7 Å². The van der Waals surface area contributed by atoms with E-state index in [1.165, 1.54) is 19.3 Å².